The largest absolute Gasteiger partial charge is 0.369 e. The fraction of sp³-hybridized carbons (Fsp3) is 0.417. The number of fused-ring (bicyclic) bond motifs is 1. The Kier molecular flexibility index (Phi) is 2.21. The summed E-state index contributed by atoms with van der Waals surface area (Å²) in [6.07, 6.45) is 2.63. The summed E-state index contributed by atoms with van der Waals surface area (Å²) in [5.41, 5.74) is 8.12. The summed E-state index contributed by atoms with van der Waals surface area (Å²) in [7, 11) is 0. The van der Waals surface area contributed by atoms with Crippen LogP contribution in [0.25, 0.3) is 11.0 Å². The predicted octanol–water partition coefficient (Wildman–Crippen LogP) is 3.35. The zero-order valence-corrected chi connectivity index (χ0v) is 10.7. The minimum Gasteiger partial charge on any atom is -0.369 e. The lowest BCUT2D eigenvalue weighted by molar-refractivity contribution is 0.504. The zero-order chi connectivity index (χ0) is 11.3. The van der Waals surface area contributed by atoms with Crippen molar-refractivity contribution < 1.29 is 0 Å². The van der Waals surface area contributed by atoms with Gasteiger partial charge >= 0.3 is 0 Å². The third kappa shape index (κ3) is 1.52. The van der Waals surface area contributed by atoms with E-state index in [1.54, 1.807) is 0 Å². The van der Waals surface area contributed by atoms with Crippen molar-refractivity contribution in [3.05, 3.63) is 22.7 Å². The first-order valence-corrected chi connectivity index (χ1v) is 6.39. The van der Waals surface area contributed by atoms with Crippen LogP contribution >= 0.6 is 15.9 Å². The molecule has 1 aromatic heterocycles. The van der Waals surface area contributed by atoms with Gasteiger partial charge in [0.1, 0.15) is 0 Å². The molecule has 1 aliphatic rings. The highest BCUT2D eigenvalue weighted by Gasteiger charge is 2.31. The van der Waals surface area contributed by atoms with Crippen LogP contribution in [0.5, 0.6) is 0 Å². The van der Waals surface area contributed by atoms with Crippen LogP contribution < -0.4 is 5.73 Å². The molecule has 0 aliphatic heterocycles. The zero-order valence-electron chi connectivity index (χ0n) is 9.15. The first-order chi connectivity index (χ1) is 7.66. The number of nitrogen functional groups attached to an aromatic ring is 1. The normalized spacial score (nSPS) is 17.9. The van der Waals surface area contributed by atoms with Crippen LogP contribution in [0, 0.1) is 5.92 Å². The van der Waals surface area contributed by atoms with E-state index in [9.17, 15) is 0 Å². The number of rotatable bonds is 2. The van der Waals surface area contributed by atoms with E-state index in [1.165, 1.54) is 12.8 Å². The molecular formula is C12H14BrN3. The number of hydrogen-bond donors (Lipinski definition) is 1. The predicted molar refractivity (Wildman–Crippen MR) is 69.3 cm³/mol. The molecule has 3 nitrogen and oxygen atoms in total. The summed E-state index contributed by atoms with van der Waals surface area (Å²) < 4.78 is 3.21. The molecule has 1 unspecified atom stereocenters. The van der Waals surface area contributed by atoms with Crippen LogP contribution in [0.15, 0.2) is 22.7 Å². The maximum absolute atomic E-state index is 6.01. The van der Waals surface area contributed by atoms with E-state index < -0.39 is 0 Å². The summed E-state index contributed by atoms with van der Waals surface area (Å²) in [4.78, 5) is 4.42. The van der Waals surface area contributed by atoms with Gasteiger partial charge in [-0.25, -0.2) is 4.98 Å². The van der Waals surface area contributed by atoms with Gasteiger partial charge in [0.15, 0.2) is 0 Å². The molecule has 1 aliphatic carbocycles. The first-order valence-electron chi connectivity index (χ1n) is 5.60. The fourth-order valence-corrected chi connectivity index (χ4v) is 2.66. The number of aromatic nitrogens is 2. The molecule has 1 atom stereocenters. The van der Waals surface area contributed by atoms with Crippen LogP contribution in [0.2, 0.25) is 0 Å². The van der Waals surface area contributed by atoms with Gasteiger partial charge < -0.3 is 10.3 Å². The Hall–Kier alpha value is -1.03. The van der Waals surface area contributed by atoms with E-state index in [1.807, 2.05) is 12.1 Å². The molecule has 0 radical (unpaired) electrons. The molecule has 0 amide bonds. The van der Waals surface area contributed by atoms with E-state index in [2.05, 4.69) is 38.5 Å². The summed E-state index contributed by atoms with van der Waals surface area (Å²) in [5, 5.41) is 0. The van der Waals surface area contributed by atoms with Crippen molar-refractivity contribution in [1.82, 2.24) is 9.55 Å². The second kappa shape index (κ2) is 3.48. The van der Waals surface area contributed by atoms with Crippen molar-refractivity contribution in [1.29, 1.82) is 0 Å². The van der Waals surface area contributed by atoms with Gasteiger partial charge in [0.2, 0.25) is 5.95 Å². The molecule has 4 heteroatoms. The fourth-order valence-electron chi connectivity index (χ4n) is 2.31. The number of anilines is 1. The Balaban J connectivity index is 2.18. The minimum absolute atomic E-state index is 0.464. The van der Waals surface area contributed by atoms with Crippen molar-refractivity contribution in [2.24, 2.45) is 5.92 Å². The molecule has 0 bridgehead atoms. The molecular weight excluding hydrogens is 266 g/mol. The molecule has 3 rings (SSSR count). The van der Waals surface area contributed by atoms with Crippen molar-refractivity contribution >= 4 is 32.9 Å². The molecule has 0 spiro atoms. The highest BCUT2D eigenvalue weighted by molar-refractivity contribution is 9.10. The molecule has 84 valence electrons. The number of halogens is 1. The second-order valence-corrected chi connectivity index (χ2v) is 5.47. The van der Waals surface area contributed by atoms with E-state index >= 15 is 0 Å². The smallest absolute Gasteiger partial charge is 0.201 e. The number of hydrogen-bond acceptors (Lipinski definition) is 2. The Morgan fingerprint density at radius 3 is 2.94 bits per heavy atom. The maximum Gasteiger partial charge on any atom is 0.201 e. The molecule has 16 heavy (non-hydrogen) atoms. The second-order valence-electron chi connectivity index (χ2n) is 4.55. The van der Waals surface area contributed by atoms with Crippen molar-refractivity contribution in [2.75, 3.05) is 5.73 Å². The van der Waals surface area contributed by atoms with E-state index in [4.69, 9.17) is 5.73 Å². The van der Waals surface area contributed by atoms with Crippen molar-refractivity contribution in [2.45, 2.75) is 25.8 Å². The summed E-state index contributed by atoms with van der Waals surface area (Å²) >= 11 is 3.45. The number of benzene rings is 1. The molecule has 1 saturated carbocycles. The Morgan fingerprint density at radius 1 is 1.50 bits per heavy atom. The maximum atomic E-state index is 6.01. The first kappa shape index (κ1) is 10.1. The highest BCUT2D eigenvalue weighted by atomic mass is 79.9. The molecule has 1 heterocycles. The molecule has 2 aromatic rings. The van der Waals surface area contributed by atoms with Crippen LogP contribution in [0.4, 0.5) is 5.95 Å². The number of imidazole rings is 1. The Bertz CT molecular complexity index is 542. The molecule has 1 fully saturated rings. The van der Waals surface area contributed by atoms with Gasteiger partial charge in [-0.2, -0.15) is 0 Å². The van der Waals surface area contributed by atoms with Gasteiger partial charge in [0.05, 0.1) is 11.0 Å². The van der Waals surface area contributed by atoms with Gasteiger partial charge in [0, 0.05) is 10.5 Å². The van der Waals surface area contributed by atoms with Crippen molar-refractivity contribution in [3.8, 4) is 0 Å². The van der Waals surface area contributed by atoms with Crippen LogP contribution in [-0.2, 0) is 0 Å². The lowest BCUT2D eigenvalue weighted by atomic mass is 10.2. The SMILES string of the molecule is CC(C1CC1)n1c(N)nc2cc(Br)ccc21. The summed E-state index contributed by atoms with van der Waals surface area (Å²) in [5.74, 6) is 1.41. The average molecular weight is 280 g/mol. The van der Waals surface area contributed by atoms with E-state index in [-0.39, 0.29) is 0 Å². The highest BCUT2D eigenvalue weighted by Crippen LogP contribution is 2.41. The number of nitrogens with zero attached hydrogens (tertiary/aromatic N) is 2. The topological polar surface area (TPSA) is 43.8 Å². The lowest BCUT2D eigenvalue weighted by Crippen LogP contribution is -2.10. The van der Waals surface area contributed by atoms with Gasteiger partial charge in [-0.15, -0.1) is 0 Å². The van der Waals surface area contributed by atoms with Crippen LogP contribution in [0.1, 0.15) is 25.8 Å². The molecule has 2 N–H and O–H groups in total. The summed E-state index contributed by atoms with van der Waals surface area (Å²) in [6.45, 7) is 2.23. The monoisotopic (exact) mass is 279 g/mol. The minimum atomic E-state index is 0.464. The van der Waals surface area contributed by atoms with E-state index in [0.717, 1.165) is 21.4 Å². The number of nitrogens with two attached hydrogens (primary N) is 1. The van der Waals surface area contributed by atoms with Gasteiger partial charge in [-0.1, -0.05) is 15.9 Å². The third-order valence-corrected chi connectivity index (χ3v) is 3.88. The average Bonchev–Trinajstić information content (AvgIpc) is 3.01. The van der Waals surface area contributed by atoms with Gasteiger partial charge in [0.25, 0.3) is 0 Å². The standard InChI is InChI=1S/C12H14BrN3/c1-7(8-2-3-8)16-11-5-4-9(13)6-10(11)15-12(16)14/h4-8H,2-3H2,1H3,(H2,14,15). The van der Waals surface area contributed by atoms with E-state index in [0.29, 0.717) is 12.0 Å². The summed E-state index contributed by atoms with van der Waals surface area (Å²) in [6, 6.07) is 6.61. The van der Waals surface area contributed by atoms with Gasteiger partial charge in [-0.05, 0) is 43.9 Å². The third-order valence-electron chi connectivity index (χ3n) is 3.39. The van der Waals surface area contributed by atoms with Crippen LogP contribution in [-0.4, -0.2) is 9.55 Å². The van der Waals surface area contributed by atoms with Crippen LogP contribution in [0.3, 0.4) is 0 Å². The molecule has 1 aromatic carbocycles. The quantitative estimate of drug-likeness (QED) is 0.916. The van der Waals surface area contributed by atoms with Crippen molar-refractivity contribution in [3.63, 3.8) is 0 Å². The molecule has 0 saturated heterocycles. The Labute approximate surface area is 103 Å². The van der Waals surface area contributed by atoms with Gasteiger partial charge in [-0.3, -0.25) is 0 Å². The Morgan fingerprint density at radius 2 is 2.25 bits per heavy atom. The lowest BCUT2D eigenvalue weighted by Gasteiger charge is -2.14.